The second kappa shape index (κ2) is 6.67. The third-order valence-corrected chi connectivity index (χ3v) is 3.95. The van der Waals surface area contributed by atoms with Crippen LogP contribution in [-0.2, 0) is 0 Å². The van der Waals surface area contributed by atoms with Gasteiger partial charge in [0.15, 0.2) is 11.6 Å². The van der Waals surface area contributed by atoms with Gasteiger partial charge in [-0.05, 0) is 62.1 Å². The molecular formula is C16H17F5O. The largest absolute Gasteiger partial charge is 0.573 e. The average Bonchev–Trinajstić information content (AvgIpc) is 2.43. The standard InChI is InChI=1S/C16H17F5O/c1-2-3-10-4-6-11(7-5-10)12-8-13(17)15(14(18)9-12)22-16(19,20)21/h2-3,8-11H,4-7H2,1H3. The van der Waals surface area contributed by atoms with Gasteiger partial charge in [-0.3, -0.25) is 0 Å². The molecule has 122 valence electrons. The summed E-state index contributed by atoms with van der Waals surface area (Å²) in [5.74, 6) is -3.60. The highest BCUT2D eigenvalue weighted by atomic mass is 19.4. The van der Waals surface area contributed by atoms with Crippen molar-refractivity contribution in [3.63, 3.8) is 0 Å². The number of hydrogen-bond acceptors (Lipinski definition) is 1. The lowest BCUT2D eigenvalue weighted by Crippen LogP contribution is -2.19. The summed E-state index contributed by atoms with van der Waals surface area (Å²) in [5.41, 5.74) is 0.392. The highest BCUT2D eigenvalue weighted by Gasteiger charge is 2.34. The molecule has 2 rings (SSSR count). The van der Waals surface area contributed by atoms with Crippen LogP contribution in [0.3, 0.4) is 0 Å². The van der Waals surface area contributed by atoms with Crippen LogP contribution in [0.15, 0.2) is 24.3 Å². The van der Waals surface area contributed by atoms with E-state index < -0.39 is 23.7 Å². The second-order valence-corrected chi connectivity index (χ2v) is 5.50. The second-order valence-electron chi connectivity index (χ2n) is 5.50. The molecule has 1 aromatic carbocycles. The van der Waals surface area contributed by atoms with Crippen LogP contribution in [0.4, 0.5) is 22.0 Å². The van der Waals surface area contributed by atoms with E-state index in [0.29, 0.717) is 11.5 Å². The zero-order valence-electron chi connectivity index (χ0n) is 12.1. The normalized spacial score (nSPS) is 23.0. The molecule has 1 fully saturated rings. The van der Waals surface area contributed by atoms with Crippen molar-refractivity contribution in [2.24, 2.45) is 5.92 Å². The molecule has 6 heteroatoms. The van der Waals surface area contributed by atoms with Crippen LogP contribution in [0.2, 0.25) is 0 Å². The van der Waals surface area contributed by atoms with Crippen molar-refractivity contribution in [1.29, 1.82) is 0 Å². The summed E-state index contributed by atoms with van der Waals surface area (Å²) in [7, 11) is 0. The molecule has 0 unspecified atom stereocenters. The van der Waals surface area contributed by atoms with Gasteiger partial charge in [0, 0.05) is 0 Å². The van der Waals surface area contributed by atoms with Crippen molar-refractivity contribution in [2.75, 3.05) is 0 Å². The Bertz CT molecular complexity index is 519. The van der Waals surface area contributed by atoms with Crippen LogP contribution in [0.5, 0.6) is 5.75 Å². The van der Waals surface area contributed by atoms with Gasteiger partial charge in [0.2, 0.25) is 5.75 Å². The Balaban J connectivity index is 2.14. The molecule has 0 amide bonds. The van der Waals surface area contributed by atoms with Crippen LogP contribution >= 0.6 is 0 Å². The summed E-state index contributed by atoms with van der Waals surface area (Å²) in [6, 6.07) is 1.90. The van der Waals surface area contributed by atoms with Gasteiger partial charge in [-0.2, -0.15) is 0 Å². The third kappa shape index (κ3) is 4.21. The summed E-state index contributed by atoms with van der Waals surface area (Å²) in [6.45, 7) is 1.94. The first kappa shape index (κ1) is 16.8. The quantitative estimate of drug-likeness (QED) is 0.512. The summed E-state index contributed by atoms with van der Waals surface area (Å²) in [5, 5.41) is 0. The van der Waals surface area contributed by atoms with E-state index in [9.17, 15) is 22.0 Å². The Hall–Kier alpha value is -1.59. The molecule has 1 nitrogen and oxygen atoms in total. The van der Waals surface area contributed by atoms with E-state index in [2.05, 4.69) is 10.8 Å². The molecule has 1 saturated carbocycles. The van der Waals surface area contributed by atoms with E-state index in [1.165, 1.54) is 0 Å². The third-order valence-electron chi connectivity index (χ3n) is 3.95. The molecule has 0 radical (unpaired) electrons. The van der Waals surface area contributed by atoms with Crippen LogP contribution in [0.25, 0.3) is 0 Å². The predicted octanol–water partition coefficient (Wildman–Crippen LogP) is 5.71. The van der Waals surface area contributed by atoms with Gasteiger partial charge < -0.3 is 4.74 Å². The van der Waals surface area contributed by atoms with Crippen molar-refractivity contribution in [2.45, 2.75) is 44.9 Å². The smallest absolute Gasteiger partial charge is 0.399 e. The topological polar surface area (TPSA) is 9.23 Å². The van der Waals surface area contributed by atoms with E-state index in [0.717, 1.165) is 37.8 Å². The fourth-order valence-electron chi connectivity index (χ4n) is 2.95. The van der Waals surface area contributed by atoms with Crippen molar-refractivity contribution in [3.05, 3.63) is 41.5 Å². The number of hydrogen-bond donors (Lipinski definition) is 0. The van der Waals surface area contributed by atoms with E-state index >= 15 is 0 Å². The Morgan fingerprint density at radius 2 is 1.59 bits per heavy atom. The number of allylic oxidation sites excluding steroid dienone is 2. The van der Waals surface area contributed by atoms with Crippen molar-refractivity contribution in [1.82, 2.24) is 0 Å². The van der Waals surface area contributed by atoms with Crippen LogP contribution in [0, 0.1) is 17.6 Å². The number of ether oxygens (including phenoxy) is 1. The zero-order chi connectivity index (χ0) is 16.3. The van der Waals surface area contributed by atoms with E-state index in [-0.39, 0.29) is 5.92 Å². The number of benzene rings is 1. The molecule has 0 N–H and O–H groups in total. The number of alkyl halides is 3. The Morgan fingerprint density at radius 3 is 2.05 bits per heavy atom. The zero-order valence-corrected chi connectivity index (χ0v) is 12.1. The summed E-state index contributed by atoms with van der Waals surface area (Å²) >= 11 is 0. The van der Waals surface area contributed by atoms with Gasteiger partial charge >= 0.3 is 6.36 Å². The molecular weight excluding hydrogens is 303 g/mol. The minimum atomic E-state index is -5.12. The summed E-state index contributed by atoms with van der Waals surface area (Å²) in [6.07, 6.45) is 2.29. The van der Waals surface area contributed by atoms with Crippen LogP contribution in [0.1, 0.15) is 44.1 Å². The first-order chi connectivity index (χ1) is 10.3. The lowest BCUT2D eigenvalue weighted by atomic mass is 9.78. The van der Waals surface area contributed by atoms with Crippen molar-refractivity contribution < 1.29 is 26.7 Å². The van der Waals surface area contributed by atoms with E-state index in [4.69, 9.17) is 0 Å². The first-order valence-corrected chi connectivity index (χ1v) is 7.17. The van der Waals surface area contributed by atoms with Gasteiger partial charge in [-0.1, -0.05) is 12.2 Å². The molecule has 22 heavy (non-hydrogen) atoms. The molecule has 0 saturated heterocycles. The molecule has 1 aromatic rings. The molecule has 0 bridgehead atoms. The summed E-state index contributed by atoms with van der Waals surface area (Å²) in [4.78, 5) is 0. The Morgan fingerprint density at radius 1 is 1.05 bits per heavy atom. The van der Waals surface area contributed by atoms with Gasteiger partial charge in [-0.25, -0.2) is 8.78 Å². The first-order valence-electron chi connectivity index (χ1n) is 7.17. The lowest BCUT2D eigenvalue weighted by molar-refractivity contribution is -0.276. The molecule has 0 aliphatic heterocycles. The molecule has 1 aliphatic carbocycles. The van der Waals surface area contributed by atoms with Gasteiger partial charge in [0.1, 0.15) is 0 Å². The van der Waals surface area contributed by atoms with Crippen molar-refractivity contribution >= 4 is 0 Å². The van der Waals surface area contributed by atoms with Crippen LogP contribution in [-0.4, -0.2) is 6.36 Å². The number of rotatable bonds is 3. The summed E-state index contributed by atoms with van der Waals surface area (Å²) < 4.78 is 67.2. The van der Waals surface area contributed by atoms with E-state index in [1.807, 2.05) is 13.0 Å². The van der Waals surface area contributed by atoms with E-state index in [1.54, 1.807) is 0 Å². The maximum atomic E-state index is 13.7. The van der Waals surface area contributed by atoms with Gasteiger partial charge in [-0.15, -0.1) is 13.2 Å². The van der Waals surface area contributed by atoms with Crippen molar-refractivity contribution in [3.8, 4) is 5.75 Å². The van der Waals surface area contributed by atoms with Gasteiger partial charge in [0.25, 0.3) is 0 Å². The molecule has 0 aromatic heterocycles. The van der Waals surface area contributed by atoms with Gasteiger partial charge in [0.05, 0.1) is 0 Å². The fraction of sp³-hybridized carbons (Fsp3) is 0.500. The molecule has 0 atom stereocenters. The number of halogens is 5. The Labute approximate surface area is 125 Å². The molecule has 0 heterocycles. The fourth-order valence-corrected chi connectivity index (χ4v) is 2.95. The maximum Gasteiger partial charge on any atom is 0.573 e. The minimum absolute atomic E-state index is 0.0366. The monoisotopic (exact) mass is 320 g/mol. The predicted molar refractivity (Wildman–Crippen MR) is 72.6 cm³/mol. The average molecular weight is 320 g/mol. The van der Waals surface area contributed by atoms with Crippen LogP contribution < -0.4 is 4.74 Å². The Kier molecular flexibility index (Phi) is 5.08. The minimum Gasteiger partial charge on any atom is -0.399 e. The lowest BCUT2D eigenvalue weighted by Gasteiger charge is -2.27. The maximum absolute atomic E-state index is 13.7. The molecule has 1 aliphatic rings. The SMILES string of the molecule is CC=CC1CCC(c2cc(F)c(OC(F)(F)F)c(F)c2)CC1. The highest BCUT2D eigenvalue weighted by molar-refractivity contribution is 5.33. The highest BCUT2D eigenvalue weighted by Crippen LogP contribution is 2.39. The molecule has 0 spiro atoms.